The summed E-state index contributed by atoms with van der Waals surface area (Å²) < 4.78 is 5.10. The third kappa shape index (κ3) is 4.37. The summed E-state index contributed by atoms with van der Waals surface area (Å²) in [5.74, 6) is 0. The van der Waals surface area contributed by atoms with E-state index in [4.69, 9.17) is 15.6 Å². The highest BCUT2D eigenvalue weighted by atomic mass is 32.1. The van der Waals surface area contributed by atoms with Gasteiger partial charge in [0.25, 0.3) is 0 Å². The monoisotopic (exact) mass is 258 g/mol. The van der Waals surface area contributed by atoms with Crippen molar-refractivity contribution in [1.82, 2.24) is 4.90 Å². The van der Waals surface area contributed by atoms with Crippen molar-refractivity contribution in [3.8, 4) is 0 Å². The quantitative estimate of drug-likeness (QED) is 0.732. The van der Waals surface area contributed by atoms with Crippen molar-refractivity contribution < 1.29 is 9.84 Å². The predicted molar refractivity (Wildman–Crippen MR) is 71.2 cm³/mol. The minimum absolute atomic E-state index is 0.0213. The van der Waals surface area contributed by atoms with Crippen LogP contribution in [0, 0.1) is 0 Å². The lowest BCUT2D eigenvalue weighted by atomic mass is 10.0. The normalized spacial score (nSPS) is 15.1. The first kappa shape index (κ1) is 14.6. The number of methoxy groups -OCH3 is 1. The first-order valence-electron chi connectivity index (χ1n) is 5.82. The summed E-state index contributed by atoms with van der Waals surface area (Å²) in [6.07, 6.45) is 0. The lowest BCUT2D eigenvalue weighted by Crippen LogP contribution is -2.42. The second-order valence-electron chi connectivity index (χ2n) is 4.11. The highest BCUT2D eigenvalue weighted by Crippen LogP contribution is 2.25. The zero-order chi connectivity index (χ0) is 12.7. The second kappa shape index (κ2) is 7.79. The molecule has 1 heterocycles. The molecule has 17 heavy (non-hydrogen) atoms. The van der Waals surface area contributed by atoms with Crippen molar-refractivity contribution in [2.75, 3.05) is 33.4 Å². The number of nitrogens with two attached hydrogens (primary N) is 1. The van der Waals surface area contributed by atoms with Crippen LogP contribution in [0.25, 0.3) is 0 Å². The smallest absolute Gasteiger partial charge is 0.0589 e. The maximum Gasteiger partial charge on any atom is 0.0589 e. The minimum atomic E-state index is 0.0213. The van der Waals surface area contributed by atoms with E-state index in [1.165, 1.54) is 5.56 Å². The third-order valence-electron chi connectivity index (χ3n) is 2.75. The molecule has 1 rings (SSSR count). The molecule has 1 aromatic rings. The molecule has 0 aromatic carbocycles. The van der Waals surface area contributed by atoms with E-state index >= 15 is 0 Å². The van der Waals surface area contributed by atoms with Crippen LogP contribution >= 0.6 is 11.3 Å². The highest BCUT2D eigenvalue weighted by Gasteiger charge is 2.23. The number of nitrogens with zero attached hydrogens (tertiary/aromatic N) is 1. The molecule has 3 N–H and O–H groups in total. The van der Waals surface area contributed by atoms with E-state index in [1.54, 1.807) is 18.4 Å². The van der Waals surface area contributed by atoms with Gasteiger partial charge < -0.3 is 15.6 Å². The Hall–Kier alpha value is -0.460. The van der Waals surface area contributed by atoms with Gasteiger partial charge in [0.2, 0.25) is 0 Å². The number of thiophene rings is 1. The third-order valence-corrected chi connectivity index (χ3v) is 3.45. The molecular weight excluding hydrogens is 236 g/mol. The van der Waals surface area contributed by atoms with Gasteiger partial charge in [-0.25, -0.2) is 0 Å². The van der Waals surface area contributed by atoms with E-state index in [-0.39, 0.29) is 18.7 Å². The Kier molecular flexibility index (Phi) is 6.69. The summed E-state index contributed by atoms with van der Waals surface area (Å²) in [7, 11) is 1.68. The number of rotatable bonds is 8. The van der Waals surface area contributed by atoms with Crippen LogP contribution in [-0.4, -0.2) is 49.5 Å². The fourth-order valence-corrected chi connectivity index (χ4v) is 2.71. The summed E-state index contributed by atoms with van der Waals surface area (Å²) in [4.78, 5) is 2.18. The Labute approximate surface area is 107 Å². The topological polar surface area (TPSA) is 58.7 Å². The van der Waals surface area contributed by atoms with Gasteiger partial charge in [-0.15, -0.1) is 0 Å². The molecule has 0 amide bonds. The standard InChI is InChI=1S/C12H22N2O2S/c1-10(13)12(11-3-8-17-9-11)14(4-6-15)5-7-16-2/h3,8-10,12,15H,4-7,13H2,1-2H3. The van der Waals surface area contributed by atoms with Gasteiger partial charge in [-0.05, 0) is 29.3 Å². The highest BCUT2D eigenvalue weighted by molar-refractivity contribution is 7.07. The lowest BCUT2D eigenvalue weighted by Gasteiger charge is -2.33. The van der Waals surface area contributed by atoms with Crippen LogP contribution in [0.4, 0.5) is 0 Å². The molecule has 2 atom stereocenters. The molecule has 5 heteroatoms. The Morgan fingerprint density at radius 2 is 2.29 bits per heavy atom. The fourth-order valence-electron chi connectivity index (χ4n) is 2.02. The molecule has 0 radical (unpaired) electrons. The van der Waals surface area contributed by atoms with Gasteiger partial charge in [-0.1, -0.05) is 0 Å². The van der Waals surface area contributed by atoms with Crippen LogP contribution in [0.1, 0.15) is 18.5 Å². The molecule has 2 unspecified atom stereocenters. The minimum Gasteiger partial charge on any atom is -0.395 e. The van der Waals surface area contributed by atoms with Crippen molar-refractivity contribution in [3.63, 3.8) is 0 Å². The molecule has 0 aliphatic rings. The first-order chi connectivity index (χ1) is 8.20. The van der Waals surface area contributed by atoms with E-state index in [0.29, 0.717) is 13.2 Å². The van der Waals surface area contributed by atoms with E-state index in [0.717, 1.165) is 6.54 Å². The van der Waals surface area contributed by atoms with Crippen LogP contribution in [0.15, 0.2) is 16.8 Å². The predicted octanol–water partition coefficient (Wildman–Crippen LogP) is 1.08. The largest absolute Gasteiger partial charge is 0.395 e. The molecule has 4 nitrogen and oxygen atoms in total. The SMILES string of the molecule is COCCN(CCO)C(c1ccsc1)C(C)N. The second-order valence-corrected chi connectivity index (χ2v) is 4.89. The molecular formula is C12H22N2O2S. The van der Waals surface area contributed by atoms with Crippen molar-refractivity contribution in [1.29, 1.82) is 0 Å². The summed E-state index contributed by atoms with van der Waals surface area (Å²) in [6, 6.07) is 2.26. The summed E-state index contributed by atoms with van der Waals surface area (Å²) in [6.45, 7) is 4.18. The van der Waals surface area contributed by atoms with E-state index in [2.05, 4.69) is 21.7 Å². The molecule has 1 aromatic heterocycles. The van der Waals surface area contributed by atoms with Crippen LogP contribution in [-0.2, 0) is 4.74 Å². The number of aliphatic hydroxyl groups excluding tert-OH is 1. The molecule has 98 valence electrons. The zero-order valence-corrected chi connectivity index (χ0v) is 11.3. The van der Waals surface area contributed by atoms with Crippen LogP contribution in [0.2, 0.25) is 0 Å². The fraction of sp³-hybridized carbons (Fsp3) is 0.667. The van der Waals surface area contributed by atoms with E-state index < -0.39 is 0 Å². The number of ether oxygens (including phenoxy) is 1. The van der Waals surface area contributed by atoms with Crippen LogP contribution in [0.5, 0.6) is 0 Å². The van der Waals surface area contributed by atoms with Gasteiger partial charge in [0.05, 0.1) is 19.3 Å². The van der Waals surface area contributed by atoms with Crippen LogP contribution < -0.4 is 5.73 Å². The van der Waals surface area contributed by atoms with Gasteiger partial charge in [-0.3, -0.25) is 4.90 Å². The van der Waals surface area contributed by atoms with Gasteiger partial charge >= 0.3 is 0 Å². The van der Waals surface area contributed by atoms with E-state index in [9.17, 15) is 0 Å². The van der Waals surface area contributed by atoms with E-state index in [1.807, 2.05) is 6.92 Å². The van der Waals surface area contributed by atoms with Crippen molar-refractivity contribution in [3.05, 3.63) is 22.4 Å². The Morgan fingerprint density at radius 1 is 1.53 bits per heavy atom. The molecule has 0 fully saturated rings. The lowest BCUT2D eigenvalue weighted by molar-refractivity contribution is 0.0930. The average molecular weight is 258 g/mol. The molecule has 0 spiro atoms. The summed E-state index contributed by atoms with van der Waals surface area (Å²) in [5.41, 5.74) is 7.29. The van der Waals surface area contributed by atoms with Gasteiger partial charge in [0, 0.05) is 26.2 Å². The van der Waals surface area contributed by atoms with Gasteiger partial charge in [-0.2, -0.15) is 11.3 Å². The van der Waals surface area contributed by atoms with Crippen molar-refractivity contribution >= 4 is 11.3 Å². The van der Waals surface area contributed by atoms with Crippen molar-refractivity contribution in [2.45, 2.75) is 19.0 Å². The Morgan fingerprint density at radius 3 is 2.76 bits per heavy atom. The summed E-state index contributed by atoms with van der Waals surface area (Å²) >= 11 is 1.67. The molecule has 0 saturated heterocycles. The molecule has 0 aliphatic carbocycles. The van der Waals surface area contributed by atoms with Gasteiger partial charge in [0.1, 0.15) is 0 Å². The first-order valence-corrected chi connectivity index (χ1v) is 6.76. The Bertz CT molecular complexity index is 291. The molecule has 0 aliphatic heterocycles. The maximum absolute atomic E-state index is 9.14. The average Bonchev–Trinajstić information content (AvgIpc) is 2.79. The molecule has 0 saturated carbocycles. The Balaban J connectivity index is 2.77. The summed E-state index contributed by atoms with van der Waals surface area (Å²) in [5, 5.41) is 13.3. The number of aliphatic hydroxyl groups is 1. The zero-order valence-electron chi connectivity index (χ0n) is 10.5. The van der Waals surface area contributed by atoms with Crippen molar-refractivity contribution in [2.24, 2.45) is 5.73 Å². The molecule has 0 bridgehead atoms. The van der Waals surface area contributed by atoms with Crippen LogP contribution in [0.3, 0.4) is 0 Å². The number of hydrogen-bond donors (Lipinski definition) is 2. The maximum atomic E-state index is 9.14. The number of hydrogen-bond acceptors (Lipinski definition) is 5. The van der Waals surface area contributed by atoms with Gasteiger partial charge in [0.15, 0.2) is 0 Å².